The predicted octanol–water partition coefficient (Wildman–Crippen LogP) is 2.75. The Morgan fingerprint density at radius 3 is 2.58 bits per heavy atom. The highest BCUT2D eigenvalue weighted by atomic mass is 19.4. The SMILES string of the molecule is COC1C(=O)C(F)CC2(CO2)C1C1(C)OC1CC=C(C)C(F)(F)F. The smallest absolute Gasteiger partial charge is 0.373 e. The van der Waals surface area contributed by atoms with Crippen LogP contribution in [0.2, 0.25) is 0 Å². The minimum absolute atomic E-state index is 0.0561. The molecule has 3 fully saturated rings. The number of hydrogen-bond donors (Lipinski definition) is 0. The number of ether oxygens (including phenoxy) is 3. The van der Waals surface area contributed by atoms with Crippen molar-refractivity contribution < 1.29 is 36.6 Å². The zero-order chi connectivity index (χ0) is 17.9. The van der Waals surface area contributed by atoms with Gasteiger partial charge in [-0.1, -0.05) is 6.08 Å². The summed E-state index contributed by atoms with van der Waals surface area (Å²) in [7, 11) is 1.32. The summed E-state index contributed by atoms with van der Waals surface area (Å²) in [4.78, 5) is 12.1. The first-order valence-corrected chi connectivity index (χ1v) is 7.81. The summed E-state index contributed by atoms with van der Waals surface area (Å²) in [5, 5.41) is 0. The second-order valence-electron chi connectivity index (χ2n) is 6.97. The fourth-order valence-electron chi connectivity index (χ4n) is 3.84. The summed E-state index contributed by atoms with van der Waals surface area (Å²) in [5.74, 6) is -1.18. The number of carbonyl (C=O) groups excluding carboxylic acids is 1. The number of rotatable bonds is 4. The Morgan fingerprint density at radius 2 is 2.08 bits per heavy atom. The molecule has 3 rings (SSSR count). The van der Waals surface area contributed by atoms with E-state index in [0.717, 1.165) is 13.0 Å². The molecule has 6 atom stereocenters. The van der Waals surface area contributed by atoms with E-state index in [2.05, 4.69) is 0 Å². The second-order valence-corrected chi connectivity index (χ2v) is 6.97. The Kier molecular flexibility index (Phi) is 4.09. The van der Waals surface area contributed by atoms with Crippen molar-refractivity contribution in [2.24, 2.45) is 5.92 Å². The molecule has 136 valence electrons. The molecular formula is C16H20F4O4. The fourth-order valence-corrected chi connectivity index (χ4v) is 3.84. The summed E-state index contributed by atoms with van der Waals surface area (Å²) in [6, 6.07) is 0. The van der Waals surface area contributed by atoms with Gasteiger partial charge in [0.25, 0.3) is 0 Å². The van der Waals surface area contributed by atoms with Crippen molar-refractivity contribution in [3.05, 3.63) is 11.6 Å². The van der Waals surface area contributed by atoms with E-state index in [0.29, 0.717) is 6.61 Å². The lowest BCUT2D eigenvalue weighted by molar-refractivity contribution is -0.150. The molecule has 8 heteroatoms. The summed E-state index contributed by atoms with van der Waals surface area (Å²) in [5.41, 5.74) is -2.38. The van der Waals surface area contributed by atoms with Gasteiger partial charge in [-0.3, -0.25) is 4.79 Å². The van der Waals surface area contributed by atoms with Crippen LogP contribution in [0.3, 0.4) is 0 Å². The Hall–Kier alpha value is -0.990. The van der Waals surface area contributed by atoms with Crippen LogP contribution in [0.25, 0.3) is 0 Å². The van der Waals surface area contributed by atoms with Crippen molar-refractivity contribution in [1.29, 1.82) is 0 Å². The monoisotopic (exact) mass is 352 g/mol. The number of halogens is 4. The van der Waals surface area contributed by atoms with E-state index in [-0.39, 0.29) is 12.8 Å². The zero-order valence-corrected chi connectivity index (χ0v) is 13.7. The van der Waals surface area contributed by atoms with E-state index in [9.17, 15) is 22.4 Å². The Bertz CT molecular complexity index is 569. The molecular weight excluding hydrogens is 332 g/mol. The van der Waals surface area contributed by atoms with Crippen LogP contribution < -0.4 is 0 Å². The number of Topliss-reactive ketones (excluding diaryl/α,β-unsaturated/α-hetero) is 1. The molecule has 2 saturated heterocycles. The zero-order valence-electron chi connectivity index (χ0n) is 13.7. The molecule has 0 aromatic carbocycles. The van der Waals surface area contributed by atoms with Crippen LogP contribution in [0, 0.1) is 5.92 Å². The topological polar surface area (TPSA) is 51.4 Å². The van der Waals surface area contributed by atoms with Crippen molar-refractivity contribution >= 4 is 5.78 Å². The van der Waals surface area contributed by atoms with Crippen LogP contribution in [0.15, 0.2) is 11.6 Å². The van der Waals surface area contributed by atoms with Crippen LogP contribution in [0.4, 0.5) is 17.6 Å². The first kappa shape index (κ1) is 17.8. The van der Waals surface area contributed by atoms with Gasteiger partial charge in [0.1, 0.15) is 17.3 Å². The number of carbonyl (C=O) groups is 1. The van der Waals surface area contributed by atoms with Crippen LogP contribution in [0.5, 0.6) is 0 Å². The molecule has 1 aliphatic carbocycles. The van der Waals surface area contributed by atoms with Crippen molar-refractivity contribution in [1.82, 2.24) is 0 Å². The third kappa shape index (κ3) is 2.78. The maximum Gasteiger partial charge on any atom is 0.412 e. The number of alkyl halides is 4. The molecule has 0 bridgehead atoms. The van der Waals surface area contributed by atoms with Gasteiger partial charge in [0.15, 0.2) is 12.0 Å². The third-order valence-corrected chi connectivity index (χ3v) is 5.43. The van der Waals surface area contributed by atoms with Gasteiger partial charge in [0.05, 0.1) is 18.6 Å². The summed E-state index contributed by atoms with van der Waals surface area (Å²) >= 11 is 0. The van der Waals surface area contributed by atoms with E-state index >= 15 is 0 Å². The average Bonchev–Trinajstić information content (AvgIpc) is 3.38. The van der Waals surface area contributed by atoms with Gasteiger partial charge >= 0.3 is 6.18 Å². The van der Waals surface area contributed by atoms with E-state index < -0.39 is 53.0 Å². The molecule has 3 aliphatic rings. The molecule has 4 nitrogen and oxygen atoms in total. The van der Waals surface area contributed by atoms with Crippen molar-refractivity contribution in [2.45, 2.75) is 62.4 Å². The number of ketones is 1. The number of methoxy groups -OCH3 is 1. The lowest BCUT2D eigenvalue weighted by Gasteiger charge is -2.38. The standard InChI is InChI=1S/C16H20F4O4/c1-8(16(18,19)20)4-5-10-14(2,24-10)13-12(22-3)11(21)9(17)6-15(13)7-23-15/h4,9-10,12-13H,5-7H2,1-3H3. The molecule has 0 aromatic rings. The molecule has 0 aromatic heterocycles. The first-order chi connectivity index (χ1) is 11.0. The van der Waals surface area contributed by atoms with Gasteiger partial charge in [0, 0.05) is 19.1 Å². The highest BCUT2D eigenvalue weighted by Gasteiger charge is 2.73. The fraction of sp³-hybridized carbons (Fsp3) is 0.812. The minimum atomic E-state index is -4.37. The van der Waals surface area contributed by atoms with Crippen molar-refractivity contribution in [3.63, 3.8) is 0 Å². The van der Waals surface area contributed by atoms with Gasteiger partial charge in [-0.15, -0.1) is 0 Å². The van der Waals surface area contributed by atoms with E-state index in [4.69, 9.17) is 14.2 Å². The van der Waals surface area contributed by atoms with E-state index in [1.165, 1.54) is 7.11 Å². The molecule has 0 N–H and O–H groups in total. The van der Waals surface area contributed by atoms with E-state index in [1.54, 1.807) is 6.92 Å². The van der Waals surface area contributed by atoms with Crippen LogP contribution >= 0.6 is 0 Å². The Labute approximate surface area is 137 Å². The molecule has 1 saturated carbocycles. The lowest BCUT2D eigenvalue weighted by Crippen LogP contribution is -2.56. The van der Waals surface area contributed by atoms with Gasteiger partial charge in [-0.25, -0.2) is 4.39 Å². The van der Waals surface area contributed by atoms with Gasteiger partial charge in [-0.05, 0) is 20.3 Å². The Balaban J connectivity index is 1.77. The van der Waals surface area contributed by atoms with Crippen LogP contribution in [0.1, 0.15) is 26.7 Å². The van der Waals surface area contributed by atoms with Crippen LogP contribution in [-0.2, 0) is 19.0 Å². The Morgan fingerprint density at radius 1 is 1.46 bits per heavy atom. The molecule has 0 radical (unpaired) electrons. The highest BCUT2D eigenvalue weighted by molar-refractivity contribution is 5.89. The largest absolute Gasteiger partial charge is 0.412 e. The van der Waals surface area contributed by atoms with Gasteiger partial charge < -0.3 is 14.2 Å². The van der Waals surface area contributed by atoms with E-state index in [1.807, 2.05) is 0 Å². The van der Waals surface area contributed by atoms with Crippen molar-refractivity contribution in [3.8, 4) is 0 Å². The molecule has 2 heterocycles. The summed E-state index contributed by atoms with van der Waals surface area (Å²) < 4.78 is 68.0. The minimum Gasteiger partial charge on any atom is -0.373 e. The lowest BCUT2D eigenvalue weighted by atomic mass is 9.68. The predicted molar refractivity (Wildman–Crippen MR) is 75.2 cm³/mol. The maximum atomic E-state index is 13.9. The average molecular weight is 352 g/mol. The molecule has 2 aliphatic heterocycles. The van der Waals surface area contributed by atoms with Gasteiger partial charge in [-0.2, -0.15) is 13.2 Å². The number of allylic oxidation sites excluding steroid dienone is 1. The third-order valence-electron chi connectivity index (χ3n) is 5.43. The highest BCUT2D eigenvalue weighted by Crippen LogP contribution is 2.59. The molecule has 24 heavy (non-hydrogen) atoms. The first-order valence-electron chi connectivity index (χ1n) is 7.81. The summed E-state index contributed by atoms with van der Waals surface area (Å²) in [6.07, 6.45) is -6.43. The van der Waals surface area contributed by atoms with Crippen LogP contribution in [-0.4, -0.2) is 55.3 Å². The number of epoxide rings is 2. The maximum absolute atomic E-state index is 13.9. The molecule has 0 amide bonds. The van der Waals surface area contributed by atoms with Crippen molar-refractivity contribution in [2.75, 3.05) is 13.7 Å². The normalized spacial score (nSPS) is 45.6. The molecule has 6 unspecified atom stereocenters. The quantitative estimate of drug-likeness (QED) is 0.444. The van der Waals surface area contributed by atoms with Gasteiger partial charge in [0.2, 0.25) is 0 Å². The second kappa shape index (κ2) is 5.51. The summed E-state index contributed by atoms with van der Waals surface area (Å²) in [6.45, 7) is 3.02. The molecule has 1 spiro atoms. The number of hydrogen-bond acceptors (Lipinski definition) is 4.